The second kappa shape index (κ2) is 8.50. The van der Waals surface area contributed by atoms with Crippen LogP contribution < -0.4 is 11.2 Å². The van der Waals surface area contributed by atoms with Crippen LogP contribution in [-0.4, -0.2) is 30.7 Å². The summed E-state index contributed by atoms with van der Waals surface area (Å²) >= 11 is 0. The van der Waals surface area contributed by atoms with E-state index in [1.807, 2.05) is 63.2 Å². The average molecular weight is 429 g/mol. The molecule has 0 aliphatic heterocycles. The summed E-state index contributed by atoms with van der Waals surface area (Å²) in [5, 5.41) is 15.4. The fourth-order valence-corrected chi connectivity index (χ4v) is 3.68. The van der Waals surface area contributed by atoms with Gasteiger partial charge in [-0.05, 0) is 44.0 Å². The molecular weight excluding hydrogens is 406 g/mol. The van der Waals surface area contributed by atoms with Gasteiger partial charge in [0.15, 0.2) is 0 Å². The first-order valence-corrected chi connectivity index (χ1v) is 10.2. The summed E-state index contributed by atoms with van der Waals surface area (Å²) in [6.45, 7) is 5.65. The molecule has 4 aromatic rings. The Labute approximate surface area is 184 Å². The number of aliphatic imine (C=N–C) groups is 1. The molecule has 4 rings (SSSR count). The largest absolute Gasteiger partial charge is 0.493 e. The number of nitrogens with one attached hydrogen (secondary N) is 1. The van der Waals surface area contributed by atoms with E-state index in [2.05, 4.69) is 15.1 Å². The molecule has 162 valence electrons. The summed E-state index contributed by atoms with van der Waals surface area (Å²) in [4.78, 5) is 31.7. The van der Waals surface area contributed by atoms with E-state index in [1.165, 1.54) is 6.21 Å². The van der Waals surface area contributed by atoms with Crippen LogP contribution in [0.15, 0.2) is 69.2 Å². The van der Waals surface area contributed by atoms with Crippen molar-refractivity contribution >= 4 is 11.9 Å². The molecule has 0 amide bonds. The van der Waals surface area contributed by atoms with Gasteiger partial charge in [0.2, 0.25) is 5.88 Å². The van der Waals surface area contributed by atoms with E-state index in [0.717, 1.165) is 21.5 Å². The molecular formula is C24H23N5O3. The summed E-state index contributed by atoms with van der Waals surface area (Å²) < 4.78 is 2.86. The van der Waals surface area contributed by atoms with Crippen LogP contribution in [0.3, 0.4) is 0 Å². The van der Waals surface area contributed by atoms with Crippen LogP contribution in [0.1, 0.15) is 29.4 Å². The highest BCUT2D eigenvalue weighted by molar-refractivity contribution is 5.85. The van der Waals surface area contributed by atoms with Crippen LogP contribution in [0.2, 0.25) is 0 Å². The van der Waals surface area contributed by atoms with E-state index in [1.54, 1.807) is 16.8 Å². The van der Waals surface area contributed by atoms with Crippen LogP contribution in [0.4, 0.5) is 5.69 Å². The quantitative estimate of drug-likeness (QED) is 0.475. The molecule has 8 nitrogen and oxygen atoms in total. The minimum atomic E-state index is -0.716. The molecule has 0 aliphatic carbocycles. The van der Waals surface area contributed by atoms with Gasteiger partial charge in [0.05, 0.1) is 22.8 Å². The van der Waals surface area contributed by atoms with Crippen molar-refractivity contribution in [3.63, 3.8) is 0 Å². The summed E-state index contributed by atoms with van der Waals surface area (Å²) in [5.74, 6) is -0.464. The summed E-state index contributed by atoms with van der Waals surface area (Å²) in [7, 11) is 0. The van der Waals surface area contributed by atoms with Gasteiger partial charge in [-0.1, -0.05) is 43.3 Å². The molecule has 0 spiro atoms. The molecule has 0 atom stereocenters. The van der Waals surface area contributed by atoms with Gasteiger partial charge in [-0.3, -0.25) is 14.8 Å². The molecule has 0 fully saturated rings. The van der Waals surface area contributed by atoms with Gasteiger partial charge in [-0.15, -0.1) is 0 Å². The molecule has 8 heteroatoms. The number of aromatic amines is 1. The summed E-state index contributed by atoms with van der Waals surface area (Å²) in [5.41, 5.74) is 2.75. The van der Waals surface area contributed by atoms with Gasteiger partial charge in [-0.25, -0.2) is 14.0 Å². The Morgan fingerprint density at radius 3 is 2.47 bits per heavy atom. The van der Waals surface area contributed by atoms with Crippen molar-refractivity contribution in [2.24, 2.45) is 4.99 Å². The van der Waals surface area contributed by atoms with Crippen LogP contribution >= 0.6 is 0 Å². The predicted molar refractivity (Wildman–Crippen MR) is 124 cm³/mol. The van der Waals surface area contributed by atoms with Gasteiger partial charge in [0, 0.05) is 6.21 Å². The predicted octanol–water partition coefficient (Wildman–Crippen LogP) is 3.35. The van der Waals surface area contributed by atoms with Crippen molar-refractivity contribution in [3.05, 3.63) is 98.0 Å². The number of H-pyrrole nitrogens is 1. The standard InChI is InChI=1S/C24H23N5O3/c1-4-17-10-8-9-13-20(17)28-23(31)19(22(30)26-24(28)32)14-25-21-15(2)27-29(16(21)3)18-11-6-5-7-12-18/h5-14,31H,4H2,1-3H3,(H,26,30,32). The zero-order valence-corrected chi connectivity index (χ0v) is 18.0. The van der Waals surface area contributed by atoms with Gasteiger partial charge in [0.1, 0.15) is 11.3 Å². The van der Waals surface area contributed by atoms with Gasteiger partial charge >= 0.3 is 5.69 Å². The van der Waals surface area contributed by atoms with Crippen molar-refractivity contribution in [3.8, 4) is 17.3 Å². The molecule has 32 heavy (non-hydrogen) atoms. The molecule has 0 saturated heterocycles. The fraction of sp³-hybridized carbons (Fsp3) is 0.167. The average Bonchev–Trinajstić information content (AvgIpc) is 3.08. The Bertz CT molecular complexity index is 1430. The number of hydrogen-bond acceptors (Lipinski definition) is 5. The molecule has 0 bridgehead atoms. The Hall–Kier alpha value is -4.20. The first-order chi connectivity index (χ1) is 15.4. The third kappa shape index (κ3) is 3.66. The number of aromatic hydroxyl groups is 1. The molecule has 2 N–H and O–H groups in total. The SMILES string of the molecule is CCc1ccccc1-n1c(O)c(C=Nc2c(C)nn(-c3ccccc3)c2C)c(=O)[nH]c1=O. The van der Waals surface area contributed by atoms with Crippen LogP contribution in [-0.2, 0) is 6.42 Å². The highest BCUT2D eigenvalue weighted by Gasteiger charge is 2.17. The topological polar surface area (TPSA) is 105 Å². The second-order valence-electron chi connectivity index (χ2n) is 7.34. The lowest BCUT2D eigenvalue weighted by Crippen LogP contribution is -2.31. The molecule has 2 aromatic heterocycles. The van der Waals surface area contributed by atoms with Gasteiger partial charge in [0.25, 0.3) is 5.56 Å². The van der Waals surface area contributed by atoms with Gasteiger partial charge in [-0.2, -0.15) is 5.10 Å². The maximum absolute atomic E-state index is 12.5. The lowest BCUT2D eigenvalue weighted by Gasteiger charge is -2.13. The second-order valence-corrected chi connectivity index (χ2v) is 7.34. The molecule has 0 aliphatic rings. The van der Waals surface area contributed by atoms with Crippen molar-refractivity contribution in [2.45, 2.75) is 27.2 Å². The molecule has 2 aromatic carbocycles. The molecule has 0 saturated carbocycles. The van der Waals surface area contributed by atoms with E-state index in [4.69, 9.17) is 0 Å². The Morgan fingerprint density at radius 1 is 1.06 bits per heavy atom. The van der Waals surface area contributed by atoms with Gasteiger partial charge < -0.3 is 5.11 Å². The number of rotatable bonds is 5. The van der Waals surface area contributed by atoms with Crippen molar-refractivity contribution in [1.82, 2.24) is 19.3 Å². The first-order valence-electron chi connectivity index (χ1n) is 10.2. The molecule has 0 radical (unpaired) electrons. The normalized spacial score (nSPS) is 11.3. The Balaban J connectivity index is 1.82. The summed E-state index contributed by atoms with van der Waals surface area (Å²) in [6, 6.07) is 16.8. The number of aryl methyl sites for hydroxylation is 2. The zero-order chi connectivity index (χ0) is 22.8. The Kier molecular flexibility index (Phi) is 5.59. The number of nitrogens with zero attached hydrogens (tertiary/aromatic N) is 4. The lowest BCUT2D eigenvalue weighted by atomic mass is 10.1. The zero-order valence-electron chi connectivity index (χ0n) is 18.0. The molecule has 2 heterocycles. The summed E-state index contributed by atoms with van der Waals surface area (Å²) in [6.07, 6.45) is 1.92. The van der Waals surface area contributed by atoms with Crippen LogP contribution in [0, 0.1) is 13.8 Å². The van der Waals surface area contributed by atoms with Crippen molar-refractivity contribution in [2.75, 3.05) is 0 Å². The van der Waals surface area contributed by atoms with Crippen LogP contribution in [0.5, 0.6) is 5.88 Å². The van der Waals surface area contributed by atoms with E-state index in [9.17, 15) is 14.7 Å². The van der Waals surface area contributed by atoms with E-state index >= 15 is 0 Å². The lowest BCUT2D eigenvalue weighted by molar-refractivity contribution is 0.429. The number of hydrogen-bond donors (Lipinski definition) is 2. The van der Waals surface area contributed by atoms with E-state index in [-0.39, 0.29) is 5.56 Å². The minimum Gasteiger partial charge on any atom is -0.493 e. The number of benzene rings is 2. The monoisotopic (exact) mass is 429 g/mol. The highest BCUT2D eigenvalue weighted by Crippen LogP contribution is 2.26. The first kappa shape index (κ1) is 21.0. The van der Waals surface area contributed by atoms with Crippen LogP contribution in [0.25, 0.3) is 11.4 Å². The maximum Gasteiger partial charge on any atom is 0.335 e. The van der Waals surface area contributed by atoms with Crippen molar-refractivity contribution in [1.29, 1.82) is 0 Å². The molecule has 0 unspecified atom stereocenters. The maximum atomic E-state index is 12.5. The highest BCUT2D eigenvalue weighted by atomic mass is 16.3. The minimum absolute atomic E-state index is 0.109. The Morgan fingerprint density at radius 2 is 1.75 bits per heavy atom. The fourth-order valence-electron chi connectivity index (χ4n) is 3.68. The smallest absolute Gasteiger partial charge is 0.335 e. The third-order valence-electron chi connectivity index (χ3n) is 5.31. The third-order valence-corrected chi connectivity index (χ3v) is 5.31. The number of para-hydroxylation sites is 2. The van der Waals surface area contributed by atoms with E-state index < -0.39 is 17.1 Å². The van der Waals surface area contributed by atoms with Crippen molar-refractivity contribution < 1.29 is 5.11 Å². The number of aromatic nitrogens is 4. The van der Waals surface area contributed by atoms with E-state index in [0.29, 0.717) is 23.5 Å².